The van der Waals surface area contributed by atoms with Crippen LogP contribution in [0.15, 0.2) is 30.3 Å². The Kier molecular flexibility index (Phi) is 7.04. The number of amides is 2. The van der Waals surface area contributed by atoms with E-state index in [4.69, 9.17) is 5.11 Å². The second kappa shape index (κ2) is 9.69. The summed E-state index contributed by atoms with van der Waals surface area (Å²) in [5.74, 6) is -0.795. The van der Waals surface area contributed by atoms with Crippen LogP contribution in [0.3, 0.4) is 0 Å². The number of carbonyl (C=O) groups excluding carboxylic acids is 2. The number of aliphatic carboxylic acids is 1. The lowest BCUT2D eigenvalue weighted by atomic mass is 9.88. The number of hydrogen-bond donors (Lipinski definition) is 3. The fraction of sp³-hybridized carbons (Fsp3) is 0.409. The molecule has 154 valence electrons. The fourth-order valence-corrected chi connectivity index (χ4v) is 4.96. The minimum Gasteiger partial charge on any atom is -0.481 e. The Bertz CT molecular complexity index is 892. The SMILES string of the molecule is CC1CCc2c(sc(NC(=O)CCCC(=O)O)c2C(=O)NCc2ccccc2)C1. The monoisotopic (exact) mass is 414 g/mol. The predicted octanol–water partition coefficient (Wildman–Crippen LogP) is 4.00. The molecule has 2 amide bonds. The number of nitrogens with one attached hydrogen (secondary N) is 2. The smallest absolute Gasteiger partial charge is 0.303 e. The van der Waals surface area contributed by atoms with Crippen molar-refractivity contribution in [2.24, 2.45) is 5.92 Å². The summed E-state index contributed by atoms with van der Waals surface area (Å²) in [5, 5.41) is 15.2. The molecule has 0 saturated heterocycles. The Morgan fingerprint density at radius 1 is 1.17 bits per heavy atom. The molecule has 0 radical (unpaired) electrons. The number of carboxylic acids is 1. The van der Waals surface area contributed by atoms with Gasteiger partial charge >= 0.3 is 5.97 Å². The summed E-state index contributed by atoms with van der Waals surface area (Å²) in [7, 11) is 0. The normalized spacial score (nSPS) is 15.4. The van der Waals surface area contributed by atoms with Crippen LogP contribution in [0.25, 0.3) is 0 Å². The molecule has 3 N–H and O–H groups in total. The summed E-state index contributed by atoms with van der Waals surface area (Å²) >= 11 is 1.47. The highest BCUT2D eigenvalue weighted by molar-refractivity contribution is 7.17. The van der Waals surface area contributed by atoms with E-state index in [1.165, 1.54) is 11.3 Å². The van der Waals surface area contributed by atoms with Gasteiger partial charge in [-0.05, 0) is 42.7 Å². The minimum atomic E-state index is -0.917. The predicted molar refractivity (Wildman–Crippen MR) is 113 cm³/mol. The van der Waals surface area contributed by atoms with E-state index in [1.54, 1.807) is 0 Å². The Morgan fingerprint density at radius 2 is 1.93 bits per heavy atom. The van der Waals surface area contributed by atoms with Crippen LogP contribution in [-0.2, 0) is 29.0 Å². The number of anilines is 1. The maximum absolute atomic E-state index is 13.0. The second-order valence-electron chi connectivity index (χ2n) is 7.52. The summed E-state index contributed by atoms with van der Waals surface area (Å²) in [6, 6.07) is 9.70. The van der Waals surface area contributed by atoms with Crippen molar-refractivity contribution in [2.45, 2.75) is 52.0 Å². The summed E-state index contributed by atoms with van der Waals surface area (Å²) in [5.41, 5.74) is 2.62. The Balaban J connectivity index is 1.75. The van der Waals surface area contributed by atoms with E-state index in [9.17, 15) is 14.4 Å². The zero-order valence-corrected chi connectivity index (χ0v) is 17.3. The number of benzene rings is 1. The molecule has 0 fully saturated rings. The van der Waals surface area contributed by atoms with Crippen molar-refractivity contribution in [3.63, 3.8) is 0 Å². The summed E-state index contributed by atoms with van der Waals surface area (Å²) in [4.78, 5) is 37.1. The summed E-state index contributed by atoms with van der Waals surface area (Å²) in [6.07, 6.45) is 3.12. The van der Waals surface area contributed by atoms with Crippen LogP contribution in [0, 0.1) is 5.92 Å². The Labute approximate surface area is 174 Å². The maximum atomic E-state index is 13.0. The number of fused-ring (bicyclic) bond motifs is 1. The molecule has 0 aliphatic heterocycles. The average molecular weight is 415 g/mol. The van der Waals surface area contributed by atoms with E-state index in [0.717, 1.165) is 35.3 Å². The standard InChI is InChI=1S/C22H26N2O4S/c1-14-10-11-16-17(12-14)29-22(24-18(25)8-5-9-19(26)27)20(16)21(28)23-13-15-6-3-2-4-7-15/h2-4,6-7,14H,5,8-13H2,1H3,(H,23,28)(H,24,25)(H,26,27). The first-order valence-electron chi connectivity index (χ1n) is 9.92. The first-order valence-corrected chi connectivity index (χ1v) is 10.7. The molecule has 0 bridgehead atoms. The molecule has 1 aromatic heterocycles. The minimum absolute atomic E-state index is 0.0453. The van der Waals surface area contributed by atoms with Crippen molar-refractivity contribution in [1.29, 1.82) is 0 Å². The van der Waals surface area contributed by atoms with Gasteiger partial charge in [-0.2, -0.15) is 0 Å². The number of carbonyl (C=O) groups is 3. The molecule has 1 atom stereocenters. The lowest BCUT2D eigenvalue weighted by molar-refractivity contribution is -0.137. The molecule has 1 aromatic carbocycles. The van der Waals surface area contributed by atoms with Gasteiger partial charge in [0.1, 0.15) is 5.00 Å². The largest absolute Gasteiger partial charge is 0.481 e. The lowest BCUT2D eigenvalue weighted by Crippen LogP contribution is -2.25. The van der Waals surface area contributed by atoms with Gasteiger partial charge < -0.3 is 15.7 Å². The molecule has 2 aromatic rings. The lowest BCUT2D eigenvalue weighted by Gasteiger charge is -2.18. The van der Waals surface area contributed by atoms with Crippen LogP contribution >= 0.6 is 11.3 Å². The number of thiophene rings is 1. The van der Waals surface area contributed by atoms with Crippen LogP contribution in [0.1, 0.15) is 59.0 Å². The highest BCUT2D eigenvalue weighted by atomic mass is 32.1. The van der Waals surface area contributed by atoms with Crippen molar-refractivity contribution in [3.8, 4) is 0 Å². The Morgan fingerprint density at radius 3 is 2.66 bits per heavy atom. The number of carboxylic acid groups (broad SMARTS) is 1. The highest BCUT2D eigenvalue weighted by Gasteiger charge is 2.28. The van der Waals surface area contributed by atoms with Gasteiger partial charge in [0, 0.05) is 24.3 Å². The average Bonchev–Trinajstić information content (AvgIpc) is 3.03. The van der Waals surface area contributed by atoms with Crippen molar-refractivity contribution in [1.82, 2.24) is 5.32 Å². The zero-order valence-electron chi connectivity index (χ0n) is 16.5. The van der Waals surface area contributed by atoms with Crippen LogP contribution in [0.2, 0.25) is 0 Å². The second-order valence-corrected chi connectivity index (χ2v) is 8.62. The molecule has 0 spiro atoms. The highest BCUT2D eigenvalue weighted by Crippen LogP contribution is 2.39. The molecule has 1 aliphatic carbocycles. The van der Waals surface area contributed by atoms with Crippen LogP contribution < -0.4 is 10.6 Å². The number of hydrogen-bond acceptors (Lipinski definition) is 4. The molecule has 1 heterocycles. The van der Waals surface area contributed by atoms with Gasteiger partial charge in [-0.3, -0.25) is 14.4 Å². The number of rotatable bonds is 8. The third-order valence-corrected chi connectivity index (χ3v) is 6.25. The van der Waals surface area contributed by atoms with E-state index in [1.807, 2.05) is 30.3 Å². The zero-order chi connectivity index (χ0) is 20.8. The summed E-state index contributed by atoms with van der Waals surface area (Å²) in [6.45, 7) is 2.62. The molecule has 1 aliphatic rings. The van der Waals surface area contributed by atoms with Crippen molar-refractivity contribution < 1.29 is 19.5 Å². The topological polar surface area (TPSA) is 95.5 Å². The first-order chi connectivity index (χ1) is 13.9. The van der Waals surface area contributed by atoms with Crippen LogP contribution in [0.4, 0.5) is 5.00 Å². The van der Waals surface area contributed by atoms with Gasteiger partial charge in [0.2, 0.25) is 5.91 Å². The molecule has 6 nitrogen and oxygen atoms in total. The van der Waals surface area contributed by atoms with Crippen LogP contribution in [0.5, 0.6) is 0 Å². The van der Waals surface area contributed by atoms with E-state index >= 15 is 0 Å². The van der Waals surface area contributed by atoms with E-state index in [-0.39, 0.29) is 31.1 Å². The molecular weight excluding hydrogens is 388 g/mol. The van der Waals surface area contributed by atoms with Crippen LogP contribution in [-0.4, -0.2) is 22.9 Å². The molecule has 3 rings (SSSR count). The molecular formula is C22H26N2O4S. The third-order valence-electron chi connectivity index (χ3n) is 5.08. The van der Waals surface area contributed by atoms with Gasteiger partial charge in [0.05, 0.1) is 5.56 Å². The van der Waals surface area contributed by atoms with Crippen molar-refractivity contribution >= 4 is 34.1 Å². The molecule has 1 unspecified atom stereocenters. The third kappa shape index (κ3) is 5.67. The van der Waals surface area contributed by atoms with E-state index in [0.29, 0.717) is 23.0 Å². The Hall–Kier alpha value is -2.67. The molecule has 0 saturated carbocycles. The molecule has 7 heteroatoms. The van der Waals surface area contributed by atoms with Gasteiger partial charge in [-0.1, -0.05) is 37.3 Å². The maximum Gasteiger partial charge on any atom is 0.303 e. The van der Waals surface area contributed by atoms with Crippen molar-refractivity contribution in [2.75, 3.05) is 5.32 Å². The summed E-state index contributed by atoms with van der Waals surface area (Å²) < 4.78 is 0. The quantitative estimate of drug-likeness (QED) is 0.608. The first kappa shape index (κ1) is 21.0. The van der Waals surface area contributed by atoms with Crippen molar-refractivity contribution in [3.05, 3.63) is 51.9 Å². The van der Waals surface area contributed by atoms with E-state index in [2.05, 4.69) is 17.6 Å². The van der Waals surface area contributed by atoms with Gasteiger partial charge in [-0.25, -0.2) is 0 Å². The van der Waals surface area contributed by atoms with Gasteiger partial charge in [-0.15, -0.1) is 11.3 Å². The van der Waals surface area contributed by atoms with Gasteiger partial charge in [0.15, 0.2) is 0 Å². The fourth-order valence-electron chi connectivity index (χ4n) is 3.53. The molecule has 29 heavy (non-hydrogen) atoms. The van der Waals surface area contributed by atoms with E-state index < -0.39 is 5.97 Å². The van der Waals surface area contributed by atoms with Gasteiger partial charge in [0.25, 0.3) is 5.91 Å².